The van der Waals surface area contributed by atoms with E-state index in [4.69, 9.17) is 0 Å². The third kappa shape index (κ3) is 5.66. The summed E-state index contributed by atoms with van der Waals surface area (Å²) in [6, 6.07) is 16.7. The summed E-state index contributed by atoms with van der Waals surface area (Å²) in [4.78, 5) is 0.276. The number of benzene rings is 2. The van der Waals surface area contributed by atoms with E-state index in [1.54, 1.807) is 24.3 Å². The molecule has 0 amide bonds. The number of aliphatic hydroxyl groups is 1. The lowest BCUT2D eigenvalue weighted by molar-refractivity contribution is 0.168. The standard InChI is InChI=1S/C19H22O3S/c1-16-9-13-19(14-10-16)23(21,22)15-5-8-18(20)12-11-17-6-3-2-4-7-17/h2-7,9-10,13-15,18,20H,8,11-12H2,1H3/b15-5+. The molecule has 0 heterocycles. The Morgan fingerprint density at radius 3 is 2.35 bits per heavy atom. The molecule has 122 valence electrons. The molecule has 0 aromatic heterocycles. The summed E-state index contributed by atoms with van der Waals surface area (Å²) in [7, 11) is -3.43. The molecule has 0 fully saturated rings. The fraction of sp³-hybridized carbons (Fsp3) is 0.263. The smallest absolute Gasteiger partial charge is 0.199 e. The average Bonchev–Trinajstić information content (AvgIpc) is 2.54. The van der Waals surface area contributed by atoms with Gasteiger partial charge in [-0.2, -0.15) is 0 Å². The van der Waals surface area contributed by atoms with Crippen molar-refractivity contribution in [1.82, 2.24) is 0 Å². The van der Waals surface area contributed by atoms with Crippen LogP contribution >= 0.6 is 0 Å². The van der Waals surface area contributed by atoms with Gasteiger partial charge < -0.3 is 5.11 Å². The summed E-state index contributed by atoms with van der Waals surface area (Å²) < 4.78 is 24.3. The summed E-state index contributed by atoms with van der Waals surface area (Å²) >= 11 is 0. The summed E-state index contributed by atoms with van der Waals surface area (Å²) in [6.07, 6.45) is 2.71. The van der Waals surface area contributed by atoms with Crippen LogP contribution in [0.3, 0.4) is 0 Å². The quantitative estimate of drug-likeness (QED) is 0.843. The Morgan fingerprint density at radius 2 is 1.70 bits per heavy atom. The van der Waals surface area contributed by atoms with Crippen molar-refractivity contribution in [2.24, 2.45) is 0 Å². The van der Waals surface area contributed by atoms with Gasteiger partial charge in [-0.05, 0) is 43.9 Å². The molecule has 0 spiro atoms. The van der Waals surface area contributed by atoms with E-state index >= 15 is 0 Å². The van der Waals surface area contributed by atoms with Crippen LogP contribution in [0, 0.1) is 6.92 Å². The lowest BCUT2D eigenvalue weighted by Crippen LogP contribution is -2.07. The highest BCUT2D eigenvalue weighted by Crippen LogP contribution is 2.14. The van der Waals surface area contributed by atoms with E-state index < -0.39 is 15.9 Å². The molecule has 4 heteroatoms. The number of hydrogen-bond acceptors (Lipinski definition) is 3. The second kappa shape index (κ2) is 8.09. The summed E-state index contributed by atoms with van der Waals surface area (Å²) in [5.74, 6) is 0. The predicted octanol–water partition coefficient (Wildman–Crippen LogP) is 3.67. The first-order valence-corrected chi connectivity index (χ1v) is 9.22. The minimum Gasteiger partial charge on any atom is -0.393 e. The number of hydrogen-bond donors (Lipinski definition) is 1. The zero-order valence-electron chi connectivity index (χ0n) is 13.2. The number of aliphatic hydroxyl groups excluding tert-OH is 1. The molecular weight excluding hydrogens is 308 g/mol. The minimum atomic E-state index is -3.43. The van der Waals surface area contributed by atoms with Gasteiger partial charge in [0.2, 0.25) is 0 Å². The molecule has 2 aromatic carbocycles. The van der Waals surface area contributed by atoms with Gasteiger partial charge in [-0.3, -0.25) is 0 Å². The van der Waals surface area contributed by atoms with Crippen LogP contribution in [0.15, 0.2) is 71.0 Å². The van der Waals surface area contributed by atoms with E-state index in [0.29, 0.717) is 12.8 Å². The van der Waals surface area contributed by atoms with E-state index in [1.165, 1.54) is 17.0 Å². The molecule has 0 aliphatic heterocycles. The maximum atomic E-state index is 12.1. The van der Waals surface area contributed by atoms with E-state index in [1.807, 2.05) is 37.3 Å². The van der Waals surface area contributed by atoms with E-state index in [-0.39, 0.29) is 4.90 Å². The number of sulfone groups is 1. The van der Waals surface area contributed by atoms with Crippen LogP contribution in [0.2, 0.25) is 0 Å². The van der Waals surface area contributed by atoms with Gasteiger partial charge in [0.05, 0.1) is 11.0 Å². The third-order valence-corrected chi connectivity index (χ3v) is 5.12. The van der Waals surface area contributed by atoms with Crippen LogP contribution in [0.4, 0.5) is 0 Å². The molecule has 0 saturated heterocycles. The Kier molecular flexibility index (Phi) is 6.13. The highest BCUT2D eigenvalue weighted by atomic mass is 32.2. The van der Waals surface area contributed by atoms with Crippen molar-refractivity contribution in [3.8, 4) is 0 Å². The largest absolute Gasteiger partial charge is 0.393 e. The highest BCUT2D eigenvalue weighted by Gasteiger charge is 2.10. The van der Waals surface area contributed by atoms with E-state index in [9.17, 15) is 13.5 Å². The average molecular weight is 330 g/mol. The zero-order valence-corrected chi connectivity index (χ0v) is 14.0. The Labute approximate surface area is 138 Å². The first-order chi connectivity index (χ1) is 11.0. The molecule has 1 unspecified atom stereocenters. The fourth-order valence-corrected chi connectivity index (χ4v) is 3.28. The Bertz CT molecular complexity index is 732. The van der Waals surface area contributed by atoms with Gasteiger partial charge in [0.25, 0.3) is 0 Å². The van der Waals surface area contributed by atoms with Crippen molar-refractivity contribution < 1.29 is 13.5 Å². The van der Waals surface area contributed by atoms with Gasteiger partial charge in [0, 0.05) is 5.41 Å². The summed E-state index contributed by atoms with van der Waals surface area (Å²) in [5.41, 5.74) is 2.19. The summed E-state index contributed by atoms with van der Waals surface area (Å²) in [5, 5.41) is 11.2. The first kappa shape index (κ1) is 17.4. The monoisotopic (exact) mass is 330 g/mol. The Morgan fingerprint density at radius 1 is 1.04 bits per heavy atom. The highest BCUT2D eigenvalue weighted by molar-refractivity contribution is 7.94. The second-order valence-corrected chi connectivity index (χ2v) is 7.48. The maximum Gasteiger partial charge on any atom is 0.199 e. The van der Waals surface area contributed by atoms with Crippen LogP contribution in [-0.2, 0) is 16.3 Å². The minimum absolute atomic E-state index is 0.276. The summed E-state index contributed by atoms with van der Waals surface area (Å²) in [6.45, 7) is 1.91. The molecule has 2 aromatic rings. The van der Waals surface area contributed by atoms with Gasteiger partial charge >= 0.3 is 0 Å². The van der Waals surface area contributed by atoms with Crippen LogP contribution in [0.5, 0.6) is 0 Å². The predicted molar refractivity (Wildman–Crippen MR) is 92.9 cm³/mol. The van der Waals surface area contributed by atoms with Gasteiger partial charge in [0.1, 0.15) is 0 Å². The maximum absolute atomic E-state index is 12.1. The molecule has 1 atom stereocenters. The van der Waals surface area contributed by atoms with Gasteiger partial charge in [-0.1, -0.05) is 54.1 Å². The zero-order chi connectivity index (χ0) is 16.7. The Hall–Kier alpha value is -1.91. The molecule has 0 aliphatic rings. The normalized spacial score (nSPS) is 13.3. The molecule has 0 saturated carbocycles. The van der Waals surface area contributed by atoms with Crippen LogP contribution < -0.4 is 0 Å². The van der Waals surface area contributed by atoms with Crippen LogP contribution in [0.25, 0.3) is 0 Å². The molecule has 3 nitrogen and oxygen atoms in total. The third-order valence-electron chi connectivity index (χ3n) is 3.64. The molecule has 1 N–H and O–H groups in total. The van der Waals surface area contributed by atoms with Crippen LogP contribution in [0.1, 0.15) is 24.0 Å². The topological polar surface area (TPSA) is 54.4 Å². The molecule has 0 radical (unpaired) electrons. The van der Waals surface area contributed by atoms with Crippen LogP contribution in [-0.4, -0.2) is 19.6 Å². The van der Waals surface area contributed by atoms with Crippen molar-refractivity contribution in [3.05, 3.63) is 77.2 Å². The van der Waals surface area contributed by atoms with E-state index in [2.05, 4.69) is 0 Å². The van der Waals surface area contributed by atoms with Crippen molar-refractivity contribution in [3.63, 3.8) is 0 Å². The van der Waals surface area contributed by atoms with Crippen molar-refractivity contribution in [2.75, 3.05) is 0 Å². The number of rotatable bonds is 7. The molecule has 0 aliphatic carbocycles. The molecule has 0 bridgehead atoms. The lowest BCUT2D eigenvalue weighted by atomic mass is 10.1. The molecule has 2 rings (SSSR count). The fourth-order valence-electron chi connectivity index (χ4n) is 2.24. The van der Waals surface area contributed by atoms with Crippen molar-refractivity contribution in [1.29, 1.82) is 0 Å². The van der Waals surface area contributed by atoms with Gasteiger partial charge in [-0.15, -0.1) is 0 Å². The molecular formula is C19H22O3S. The second-order valence-electron chi connectivity index (χ2n) is 5.64. The molecule has 23 heavy (non-hydrogen) atoms. The SMILES string of the molecule is Cc1ccc(S(=O)(=O)/C=C/CC(O)CCc2ccccc2)cc1. The van der Waals surface area contributed by atoms with Gasteiger partial charge in [0.15, 0.2) is 9.84 Å². The first-order valence-electron chi connectivity index (χ1n) is 7.68. The van der Waals surface area contributed by atoms with Crippen molar-refractivity contribution in [2.45, 2.75) is 37.2 Å². The number of aryl methyl sites for hydroxylation is 2. The Balaban J connectivity index is 1.86. The van der Waals surface area contributed by atoms with E-state index in [0.717, 1.165) is 12.0 Å². The lowest BCUT2D eigenvalue weighted by Gasteiger charge is -2.07. The van der Waals surface area contributed by atoms with Gasteiger partial charge in [-0.25, -0.2) is 8.42 Å². The van der Waals surface area contributed by atoms with Crippen molar-refractivity contribution >= 4 is 9.84 Å².